The Balaban J connectivity index is 1.64. The van der Waals surface area contributed by atoms with Crippen molar-refractivity contribution >= 4 is 29.4 Å². The standard InChI is InChI=1S/C16H15ClN6O3/c1-10(23-8-12(6-19-23)15(25)26)14(24)20-16-18-9-22(21-16)7-11-3-2-4-13(17)5-11/h2-6,8-10H,7H2,1H3,(H,25,26)(H,20,21,24). The van der Waals surface area contributed by atoms with E-state index in [1.807, 2.05) is 18.2 Å². The van der Waals surface area contributed by atoms with Gasteiger partial charge in [-0.15, -0.1) is 5.10 Å². The largest absolute Gasteiger partial charge is 0.478 e. The Morgan fingerprint density at radius 1 is 1.38 bits per heavy atom. The summed E-state index contributed by atoms with van der Waals surface area (Å²) in [6.07, 6.45) is 3.97. The van der Waals surface area contributed by atoms with Gasteiger partial charge in [-0.2, -0.15) is 5.10 Å². The summed E-state index contributed by atoms with van der Waals surface area (Å²) >= 11 is 5.95. The molecule has 1 atom stereocenters. The Labute approximate surface area is 153 Å². The minimum atomic E-state index is -1.11. The highest BCUT2D eigenvalue weighted by Crippen LogP contribution is 2.13. The minimum Gasteiger partial charge on any atom is -0.478 e. The minimum absolute atomic E-state index is 0.00794. The number of halogens is 1. The van der Waals surface area contributed by atoms with Gasteiger partial charge in [-0.3, -0.25) is 14.8 Å². The van der Waals surface area contributed by atoms with Crippen LogP contribution in [0.5, 0.6) is 0 Å². The van der Waals surface area contributed by atoms with E-state index < -0.39 is 17.9 Å². The van der Waals surface area contributed by atoms with Crippen molar-refractivity contribution in [2.24, 2.45) is 0 Å². The highest BCUT2D eigenvalue weighted by atomic mass is 35.5. The molecule has 0 spiro atoms. The monoisotopic (exact) mass is 374 g/mol. The maximum absolute atomic E-state index is 12.3. The van der Waals surface area contributed by atoms with Gasteiger partial charge in [0.25, 0.3) is 5.91 Å². The highest BCUT2D eigenvalue weighted by Gasteiger charge is 2.19. The number of nitrogens with zero attached hydrogens (tertiary/aromatic N) is 5. The number of carbonyl (C=O) groups is 2. The number of aromatic carboxylic acids is 1. The van der Waals surface area contributed by atoms with Crippen LogP contribution in [0.1, 0.15) is 28.9 Å². The SMILES string of the molecule is CC(C(=O)Nc1ncn(Cc2cccc(Cl)c2)n1)n1cc(C(=O)O)cn1. The van der Waals surface area contributed by atoms with Gasteiger partial charge in [0.2, 0.25) is 5.95 Å². The second-order valence-electron chi connectivity index (χ2n) is 5.58. The Kier molecular flexibility index (Phi) is 4.99. The molecule has 134 valence electrons. The molecule has 2 N–H and O–H groups in total. The lowest BCUT2D eigenvalue weighted by atomic mass is 10.2. The zero-order chi connectivity index (χ0) is 18.7. The molecule has 3 aromatic rings. The Bertz CT molecular complexity index is 951. The third-order valence-electron chi connectivity index (χ3n) is 3.63. The van der Waals surface area contributed by atoms with Crippen molar-refractivity contribution in [2.45, 2.75) is 19.5 Å². The van der Waals surface area contributed by atoms with Crippen LogP contribution in [0.15, 0.2) is 43.0 Å². The third kappa shape index (κ3) is 4.06. The van der Waals surface area contributed by atoms with Crippen LogP contribution in [0.2, 0.25) is 5.02 Å². The topological polar surface area (TPSA) is 115 Å². The first kappa shape index (κ1) is 17.6. The summed E-state index contributed by atoms with van der Waals surface area (Å²) < 4.78 is 2.84. The van der Waals surface area contributed by atoms with Gasteiger partial charge in [0.05, 0.1) is 18.3 Å². The summed E-state index contributed by atoms with van der Waals surface area (Å²) in [6, 6.07) is 6.63. The molecular weight excluding hydrogens is 360 g/mol. The summed E-state index contributed by atoms with van der Waals surface area (Å²) in [5.74, 6) is -1.37. The lowest BCUT2D eigenvalue weighted by Crippen LogP contribution is -2.24. The van der Waals surface area contributed by atoms with E-state index in [1.54, 1.807) is 17.7 Å². The molecule has 26 heavy (non-hydrogen) atoms. The van der Waals surface area contributed by atoms with Gasteiger partial charge < -0.3 is 5.11 Å². The molecule has 1 unspecified atom stereocenters. The average molecular weight is 375 g/mol. The molecule has 1 aromatic carbocycles. The molecule has 0 saturated carbocycles. The van der Waals surface area contributed by atoms with Crippen LogP contribution in [0, 0.1) is 0 Å². The Morgan fingerprint density at radius 2 is 2.19 bits per heavy atom. The molecule has 1 amide bonds. The van der Waals surface area contributed by atoms with E-state index in [0.29, 0.717) is 11.6 Å². The molecule has 9 nitrogen and oxygen atoms in total. The number of hydrogen-bond donors (Lipinski definition) is 2. The van der Waals surface area contributed by atoms with Gasteiger partial charge in [0.1, 0.15) is 12.4 Å². The van der Waals surface area contributed by atoms with Crippen molar-refractivity contribution in [2.75, 3.05) is 5.32 Å². The summed E-state index contributed by atoms with van der Waals surface area (Å²) in [6.45, 7) is 2.05. The zero-order valence-electron chi connectivity index (χ0n) is 13.7. The molecule has 0 aliphatic rings. The van der Waals surface area contributed by atoms with Crippen molar-refractivity contribution in [3.8, 4) is 0 Å². The number of nitrogens with one attached hydrogen (secondary N) is 1. The Hall–Kier alpha value is -3.20. The first-order valence-corrected chi connectivity index (χ1v) is 8.02. The van der Waals surface area contributed by atoms with Crippen molar-refractivity contribution in [3.63, 3.8) is 0 Å². The van der Waals surface area contributed by atoms with Gasteiger partial charge in [-0.1, -0.05) is 23.7 Å². The molecule has 0 aliphatic heterocycles. The molecule has 0 fully saturated rings. The predicted molar refractivity (Wildman–Crippen MR) is 93.1 cm³/mol. The number of hydrogen-bond acceptors (Lipinski definition) is 5. The first-order valence-electron chi connectivity index (χ1n) is 7.64. The van der Waals surface area contributed by atoms with Crippen LogP contribution in [0.3, 0.4) is 0 Å². The van der Waals surface area contributed by atoms with E-state index in [4.69, 9.17) is 16.7 Å². The maximum Gasteiger partial charge on any atom is 0.338 e. The van der Waals surface area contributed by atoms with Crippen molar-refractivity contribution < 1.29 is 14.7 Å². The van der Waals surface area contributed by atoms with E-state index >= 15 is 0 Å². The predicted octanol–water partition coefficient (Wildman–Crippen LogP) is 2.07. The third-order valence-corrected chi connectivity index (χ3v) is 3.86. The lowest BCUT2D eigenvalue weighted by molar-refractivity contribution is -0.119. The smallest absolute Gasteiger partial charge is 0.338 e. The number of carbonyl (C=O) groups excluding carboxylic acids is 1. The van der Waals surface area contributed by atoms with Gasteiger partial charge in [0.15, 0.2) is 0 Å². The van der Waals surface area contributed by atoms with Crippen molar-refractivity contribution in [1.82, 2.24) is 24.5 Å². The number of rotatable bonds is 6. The van der Waals surface area contributed by atoms with E-state index in [9.17, 15) is 9.59 Å². The van der Waals surface area contributed by atoms with E-state index in [-0.39, 0.29) is 11.5 Å². The van der Waals surface area contributed by atoms with E-state index in [2.05, 4.69) is 20.5 Å². The summed E-state index contributed by atoms with van der Waals surface area (Å²) in [4.78, 5) is 27.2. The van der Waals surface area contributed by atoms with Gasteiger partial charge in [-0.25, -0.2) is 14.5 Å². The number of carboxylic acids is 1. The van der Waals surface area contributed by atoms with Crippen LogP contribution in [0.25, 0.3) is 0 Å². The van der Waals surface area contributed by atoms with E-state index in [0.717, 1.165) is 5.56 Å². The molecule has 10 heteroatoms. The highest BCUT2D eigenvalue weighted by molar-refractivity contribution is 6.30. The van der Waals surface area contributed by atoms with Crippen LogP contribution >= 0.6 is 11.6 Å². The average Bonchev–Trinajstić information content (AvgIpc) is 3.24. The lowest BCUT2D eigenvalue weighted by Gasteiger charge is -2.10. The van der Waals surface area contributed by atoms with Crippen molar-refractivity contribution in [1.29, 1.82) is 0 Å². The molecule has 0 radical (unpaired) electrons. The van der Waals surface area contributed by atoms with Crippen molar-refractivity contribution in [3.05, 3.63) is 59.1 Å². The number of amides is 1. The first-order chi connectivity index (χ1) is 12.4. The summed E-state index contributed by atoms with van der Waals surface area (Å²) in [5, 5.41) is 20.2. The molecular formula is C16H15ClN6O3. The molecule has 0 bridgehead atoms. The Morgan fingerprint density at radius 3 is 2.88 bits per heavy atom. The molecule has 2 heterocycles. The van der Waals surface area contributed by atoms with E-state index in [1.165, 1.54) is 23.4 Å². The molecule has 0 aliphatic carbocycles. The fraction of sp³-hybridized carbons (Fsp3) is 0.188. The number of anilines is 1. The number of benzene rings is 1. The van der Waals surface area contributed by atoms with Gasteiger partial charge >= 0.3 is 5.97 Å². The van der Waals surface area contributed by atoms with Crippen LogP contribution in [0.4, 0.5) is 5.95 Å². The second kappa shape index (κ2) is 7.36. The normalized spacial score (nSPS) is 11.9. The molecule has 2 aromatic heterocycles. The fourth-order valence-corrected chi connectivity index (χ4v) is 2.46. The number of carboxylic acid groups (broad SMARTS) is 1. The molecule has 0 saturated heterocycles. The maximum atomic E-state index is 12.3. The summed E-state index contributed by atoms with van der Waals surface area (Å²) in [5.41, 5.74) is 0.958. The van der Waals surface area contributed by atoms with Crippen LogP contribution in [-0.2, 0) is 11.3 Å². The van der Waals surface area contributed by atoms with Crippen LogP contribution < -0.4 is 5.32 Å². The second-order valence-corrected chi connectivity index (χ2v) is 6.01. The van der Waals surface area contributed by atoms with Crippen LogP contribution in [-0.4, -0.2) is 41.5 Å². The zero-order valence-corrected chi connectivity index (χ0v) is 14.5. The molecule has 3 rings (SSSR count). The van der Waals surface area contributed by atoms with Gasteiger partial charge in [0, 0.05) is 11.2 Å². The summed E-state index contributed by atoms with van der Waals surface area (Å²) in [7, 11) is 0. The fourth-order valence-electron chi connectivity index (χ4n) is 2.25. The number of aromatic nitrogens is 5. The van der Waals surface area contributed by atoms with Gasteiger partial charge in [-0.05, 0) is 24.6 Å². The quantitative estimate of drug-likeness (QED) is 0.682.